The molecular weight excluding hydrogens is 334 g/mol. The molecule has 0 radical (unpaired) electrons. The Hall–Kier alpha value is -1.99. The Bertz CT molecular complexity index is 630. The SMILES string of the molecule is COc1cc(C(=O)NC2(CN)CCCC2)cc(Cl)c1OCC(N)=O. The summed E-state index contributed by atoms with van der Waals surface area (Å²) in [5.74, 6) is -0.490. The molecule has 5 N–H and O–H groups in total. The average molecular weight is 356 g/mol. The molecule has 2 rings (SSSR count). The summed E-state index contributed by atoms with van der Waals surface area (Å²) in [5.41, 5.74) is 10.9. The summed E-state index contributed by atoms with van der Waals surface area (Å²) < 4.78 is 10.5. The van der Waals surface area contributed by atoms with E-state index in [1.165, 1.54) is 19.2 Å². The Balaban J connectivity index is 2.22. The standard InChI is InChI=1S/C16H22ClN3O4/c1-23-12-7-10(6-11(17)14(12)24-8-13(19)21)15(22)20-16(9-18)4-2-3-5-16/h6-7H,2-5,8-9,18H2,1H3,(H2,19,21)(H,20,22). The van der Waals surface area contributed by atoms with Crippen molar-refractivity contribution < 1.29 is 19.1 Å². The number of carbonyl (C=O) groups excluding carboxylic acids is 2. The second-order valence-electron chi connectivity index (χ2n) is 5.89. The highest BCUT2D eigenvalue weighted by Crippen LogP contribution is 2.37. The maximum atomic E-state index is 12.6. The molecule has 0 bridgehead atoms. The number of ether oxygens (including phenoxy) is 2. The van der Waals surface area contributed by atoms with E-state index in [1.807, 2.05) is 0 Å². The summed E-state index contributed by atoms with van der Waals surface area (Å²) in [5, 5.41) is 3.17. The fourth-order valence-electron chi connectivity index (χ4n) is 2.88. The fourth-order valence-corrected chi connectivity index (χ4v) is 3.14. The largest absolute Gasteiger partial charge is 0.493 e. The minimum atomic E-state index is -0.638. The topological polar surface area (TPSA) is 117 Å². The van der Waals surface area contributed by atoms with Crippen molar-refractivity contribution >= 4 is 23.4 Å². The van der Waals surface area contributed by atoms with Gasteiger partial charge in [0.25, 0.3) is 11.8 Å². The Morgan fingerprint density at radius 3 is 2.54 bits per heavy atom. The molecule has 24 heavy (non-hydrogen) atoms. The number of primary amides is 1. The summed E-state index contributed by atoms with van der Waals surface area (Å²) in [4.78, 5) is 23.4. The van der Waals surface area contributed by atoms with Crippen LogP contribution >= 0.6 is 11.6 Å². The van der Waals surface area contributed by atoms with Crippen molar-refractivity contribution in [3.63, 3.8) is 0 Å². The summed E-state index contributed by atoms with van der Waals surface area (Å²) >= 11 is 6.16. The van der Waals surface area contributed by atoms with Gasteiger partial charge in [-0.15, -0.1) is 0 Å². The second kappa shape index (κ2) is 7.72. The number of hydrogen-bond acceptors (Lipinski definition) is 5. The molecule has 2 amide bonds. The van der Waals surface area contributed by atoms with E-state index in [4.69, 9.17) is 32.5 Å². The van der Waals surface area contributed by atoms with Gasteiger partial charge in [0.2, 0.25) is 0 Å². The van der Waals surface area contributed by atoms with Gasteiger partial charge in [0.1, 0.15) is 0 Å². The lowest BCUT2D eigenvalue weighted by Crippen LogP contribution is -2.51. The number of hydrogen-bond donors (Lipinski definition) is 3. The molecule has 7 nitrogen and oxygen atoms in total. The van der Waals surface area contributed by atoms with Crippen LogP contribution < -0.4 is 26.3 Å². The number of amides is 2. The quantitative estimate of drug-likeness (QED) is 0.679. The van der Waals surface area contributed by atoms with Gasteiger partial charge in [-0.05, 0) is 25.0 Å². The van der Waals surface area contributed by atoms with Crippen LogP contribution in [-0.4, -0.2) is 37.6 Å². The van der Waals surface area contributed by atoms with Crippen molar-refractivity contribution in [3.05, 3.63) is 22.7 Å². The maximum Gasteiger partial charge on any atom is 0.255 e. The highest BCUT2D eigenvalue weighted by molar-refractivity contribution is 6.32. The van der Waals surface area contributed by atoms with Crippen molar-refractivity contribution in [2.45, 2.75) is 31.2 Å². The number of benzene rings is 1. The van der Waals surface area contributed by atoms with Crippen LogP contribution in [0.2, 0.25) is 5.02 Å². The monoisotopic (exact) mass is 355 g/mol. The molecule has 0 aromatic heterocycles. The highest BCUT2D eigenvalue weighted by atomic mass is 35.5. The Morgan fingerprint density at radius 1 is 1.33 bits per heavy atom. The zero-order chi connectivity index (χ0) is 17.7. The summed E-state index contributed by atoms with van der Waals surface area (Å²) in [6, 6.07) is 2.98. The van der Waals surface area contributed by atoms with Crippen molar-refractivity contribution in [1.29, 1.82) is 0 Å². The minimum absolute atomic E-state index is 0.161. The van der Waals surface area contributed by atoms with Crippen LogP contribution in [0.1, 0.15) is 36.0 Å². The van der Waals surface area contributed by atoms with Gasteiger partial charge in [0, 0.05) is 12.1 Å². The first-order chi connectivity index (χ1) is 11.4. The molecule has 1 aromatic rings. The second-order valence-corrected chi connectivity index (χ2v) is 6.30. The first kappa shape index (κ1) is 18.4. The van der Waals surface area contributed by atoms with Crippen LogP contribution in [0.3, 0.4) is 0 Å². The van der Waals surface area contributed by atoms with Crippen molar-refractivity contribution in [1.82, 2.24) is 5.32 Å². The minimum Gasteiger partial charge on any atom is -0.493 e. The van der Waals surface area contributed by atoms with E-state index in [-0.39, 0.29) is 34.6 Å². The van der Waals surface area contributed by atoms with E-state index in [9.17, 15) is 9.59 Å². The van der Waals surface area contributed by atoms with E-state index in [2.05, 4.69) is 5.32 Å². The average Bonchev–Trinajstić information content (AvgIpc) is 3.01. The molecule has 1 saturated carbocycles. The van der Waals surface area contributed by atoms with Gasteiger partial charge in [0.05, 0.1) is 17.7 Å². The molecule has 8 heteroatoms. The van der Waals surface area contributed by atoms with Gasteiger partial charge >= 0.3 is 0 Å². The van der Waals surface area contributed by atoms with Gasteiger partial charge in [0.15, 0.2) is 18.1 Å². The molecular formula is C16H22ClN3O4. The van der Waals surface area contributed by atoms with E-state index in [0.29, 0.717) is 12.1 Å². The molecule has 1 aromatic carbocycles. The summed E-state index contributed by atoms with van der Waals surface area (Å²) in [6.45, 7) is 0.0569. The molecule has 1 fully saturated rings. The molecule has 0 aliphatic heterocycles. The van der Waals surface area contributed by atoms with Gasteiger partial charge < -0.3 is 26.3 Å². The van der Waals surface area contributed by atoms with E-state index in [1.54, 1.807) is 0 Å². The first-order valence-electron chi connectivity index (χ1n) is 7.72. The smallest absolute Gasteiger partial charge is 0.255 e. The van der Waals surface area contributed by atoms with Crippen LogP contribution in [0.4, 0.5) is 0 Å². The van der Waals surface area contributed by atoms with Crippen LogP contribution in [0, 0.1) is 0 Å². The zero-order valence-corrected chi connectivity index (χ0v) is 14.3. The highest BCUT2D eigenvalue weighted by Gasteiger charge is 2.34. The van der Waals surface area contributed by atoms with Crippen LogP contribution in [0.15, 0.2) is 12.1 Å². The molecule has 1 aliphatic carbocycles. The molecule has 0 spiro atoms. The van der Waals surface area contributed by atoms with E-state index >= 15 is 0 Å². The summed E-state index contributed by atoms with van der Waals surface area (Å²) in [7, 11) is 1.42. The number of carbonyl (C=O) groups is 2. The molecule has 0 atom stereocenters. The van der Waals surface area contributed by atoms with E-state index < -0.39 is 5.91 Å². The Morgan fingerprint density at radius 2 is 2.00 bits per heavy atom. The number of halogens is 1. The lowest BCUT2D eigenvalue weighted by molar-refractivity contribution is -0.119. The number of nitrogens with one attached hydrogen (secondary N) is 1. The van der Waals surface area contributed by atoms with Gasteiger partial charge in [-0.1, -0.05) is 24.4 Å². The molecule has 1 aliphatic rings. The molecule has 0 saturated heterocycles. The van der Waals surface area contributed by atoms with Crippen LogP contribution in [0.5, 0.6) is 11.5 Å². The lowest BCUT2D eigenvalue weighted by atomic mass is 9.97. The van der Waals surface area contributed by atoms with Crippen molar-refractivity contribution in [3.8, 4) is 11.5 Å². The molecule has 0 unspecified atom stereocenters. The third-order valence-electron chi connectivity index (χ3n) is 4.18. The fraction of sp³-hybridized carbons (Fsp3) is 0.500. The van der Waals surface area contributed by atoms with Gasteiger partial charge in [-0.25, -0.2) is 0 Å². The van der Waals surface area contributed by atoms with Crippen LogP contribution in [-0.2, 0) is 4.79 Å². The first-order valence-corrected chi connectivity index (χ1v) is 8.10. The van der Waals surface area contributed by atoms with Crippen molar-refractivity contribution in [2.24, 2.45) is 11.5 Å². The predicted molar refractivity (Wildman–Crippen MR) is 90.4 cm³/mol. The number of nitrogens with two attached hydrogens (primary N) is 2. The normalized spacial score (nSPS) is 15.8. The third kappa shape index (κ3) is 4.10. The Kier molecular flexibility index (Phi) is 5.90. The van der Waals surface area contributed by atoms with Gasteiger partial charge in [-0.3, -0.25) is 9.59 Å². The molecule has 132 valence electrons. The Labute approximate surface area is 145 Å². The number of rotatable bonds is 7. The van der Waals surface area contributed by atoms with E-state index in [0.717, 1.165) is 25.7 Å². The molecule has 0 heterocycles. The number of methoxy groups -OCH3 is 1. The lowest BCUT2D eigenvalue weighted by Gasteiger charge is -2.28. The predicted octanol–water partition coefficient (Wildman–Crippen LogP) is 1.21. The van der Waals surface area contributed by atoms with Gasteiger partial charge in [-0.2, -0.15) is 0 Å². The third-order valence-corrected chi connectivity index (χ3v) is 4.46. The van der Waals surface area contributed by atoms with Crippen LogP contribution in [0.25, 0.3) is 0 Å². The summed E-state index contributed by atoms with van der Waals surface area (Å²) in [6.07, 6.45) is 3.81. The van der Waals surface area contributed by atoms with Crippen molar-refractivity contribution in [2.75, 3.05) is 20.3 Å². The maximum absolute atomic E-state index is 12.6. The zero-order valence-electron chi connectivity index (χ0n) is 13.6.